The standard InChI is InChI=1S/C16H32N4O.2ClH/c1-15(20-11-4-2-3-5-12-20)16(21)18-7-6-10-19-13-8-17-9-14-19;;/h15,17H,2-14H2,1H3,(H,18,21);2*1H. The molecule has 1 unspecified atom stereocenters. The molecule has 5 nitrogen and oxygen atoms in total. The zero-order valence-corrected chi connectivity index (χ0v) is 16.0. The van der Waals surface area contributed by atoms with Crippen LogP contribution in [0.25, 0.3) is 0 Å². The SMILES string of the molecule is CC(C(=O)NCCCN1CCNCC1)N1CCCCCC1.Cl.Cl. The maximum Gasteiger partial charge on any atom is 0.237 e. The summed E-state index contributed by atoms with van der Waals surface area (Å²) in [6.45, 7) is 10.6. The monoisotopic (exact) mass is 368 g/mol. The van der Waals surface area contributed by atoms with Crippen molar-refractivity contribution in [3.05, 3.63) is 0 Å². The molecule has 0 spiro atoms. The smallest absolute Gasteiger partial charge is 0.237 e. The van der Waals surface area contributed by atoms with Crippen LogP contribution in [0.1, 0.15) is 39.0 Å². The molecule has 0 aromatic heterocycles. The summed E-state index contributed by atoms with van der Waals surface area (Å²) in [5, 5.41) is 6.48. The zero-order valence-electron chi connectivity index (χ0n) is 14.4. The van der Waals surface area contributed by atoms with E-state index in [1.54, 1.807) is 0 Å². The molecule has 0 aromatic carbocycles. The number of piperazine rings is 1. The van der Waals surface area contributed by atoms with Gasteiger partial charge < -0.3 is 15.5 Å². The number of likely N-dealkylation sites (tertiary alicyclic amines) is 1. The average Bonchev–Trinajstić information content (AvgIpc) is 2.81. The largest absolute Gasteiger partial charge is 0.355 e. The van der Waals surface area contributed by atoms with Gasteiger partial charge in [0.2, 0.25) is 5.91 Å². The Labute approximate surface area is 153 Å². The highest BCUT2D eigenvalue weighted by atomic mass is 35.5. The Bertz CT molecular complexity index is 306. The van der Waals surface area contributed by atoms with Crippen molar-refractivity contribution in [1.29, 1.82) is 0 Å². The Morgan fingerprint density at radius 1 is 1.04 bits per heavy atom. The highest BCUT2D eigenvalue weighted by Crippen LogP contribution is 2.12. The van der Waals surface area contributed by atoms with E-state index in [-0.39, 0.29) is 36.8 Å². The number of nitrogens with one attached hydrogen (secondary N) is 2. The maximum absolute atomic E-state index is 12.2. The highest BCUT2D eigenvalue weighted by molar-refractivity contribution is 5.85. The predicted molar refractivity (Wildman–Crippen MR) is 101 cm³/mol. The second-order valence-electron chi connectivity index (χ2n) is 6.36. The van der Waals surface area contributed by atoms with Crippen molar-refractivity contribution in [3.8, 4) is 0 Å². The van der Waals surface area contributed by atoms with E-state index in [4.69, 9.17) is 0 Å². The van der Waals surface area contributed by atoms with E-state index in [0.717, 1.165) is 58.8 Å². The Morgan fingerprint density at radius 2 is 1.65 bits per heavy atom. The molecule has 2 aliphatic heterocycles. The molecule has 0 bridgehead atoms. The lowest BCUT2D eigenvalue weighted by atomic mass is 10.2. The van der Waals surface area contributed by atoms with E-state index in [1.807, 2.05) is 0 Å². The zero-order chi connectivity index (χ0) is 14.9. The number of carbonyl (C=O) groups is 1. The minimum Gasteiger partial charge on any atom is -0.355 e. The second kappa shape index (κ2) is 13.2. The number of hydrogen-bond donors (Lipinski definition) is 2. The van der Waals surface area contributed by atoms with Crippen molar-refractivity contribution in [2.45, 2.75) is 45.1 Å². The highest BCUT2D eigenvalue weighted by Gasteiger charge is 2.21. The summed E-state index contributed by atoms with van der Waals surface area (Å²) in [5.74, 6) is 0.206. The maximum atomic E-state index is 12.2. The van der Waals surface area contributed by atoms with Gasteiger partial charge in [0.1, 0.15) is 0 Å². The Hall–Kier alpha value is -0.0700. The first-order valence-electron chi connectivity index (χ1n) is 8.72. The first kappa shape index (κ1) is 22.9. The molecule has 2 heterocycles. The number of rotatable bonds is 6. The molecular weight excluding hydrogens is 335 g/mol. The van der Waals surface area contributed by atoms with Crippen LogP contribution in [-0.2, 0) is 4.79 Å². The van der Waals surface area contributed by atoms with Gasteiger partial charge >= 0.3 is 0 Å². The van der Waals surface area contributed by atoms with Crippen LogP contribution in [0.4, 0.5) is 0 Å². The van der Waals surface area contributed by atoms with Crippen LogP contribution in [0.15, 0.2) is 0 Å². The third-order valence-corrected chi connectivity index (χ3v) is 4.73. The summed E-state index contributed by atoms with van der Waals surface area (Å²) >= 11 is 0. The van der Waals surface area contributed by atoms with Crippen LogP contribution >= 0.6 is 24.8 Å². The molecule has 138 valence electrons. The van der Waals surface area contributed by atoms with Crippen LogP contribution in [0.2, 0.25) is 0 Å². The van der Waals surface area contributed by atoms with E-state index in [9.17, 15) is 4.79 Å². The van der Waals surface area contributed by atoms with Gasteiger partial charge in [-0.3, -0.25) is 9.69 Å². The first-order valence-corrected chi connectivity index (χ1v) is 8.72. The van der Waals surface area contributed by atoms with E-state index >= 15 is 0 Å². The quantitative estimate of drug-likeness (QED) is 0.697. The normalized spacial score (nSPS) is 21.4. The molecule has 23 heavy (non-hydrogen) atoms. The Kier molecular flexibility index (Phi) is 13.2. The van der Waals surface area contributed by atoms with Crippen molar-refractivity contribution in [3.63, 3.8) is 0 Å². The van der Waals surface area contributed by atoms with Crippen LogP contribution in [0, 0.1) is 0 Å². The number of amides is 1. The van der Waals surface area contributed by atoms with Gasteiger partial charge in [0.25, 0.3) is 0 Å². The summed E-state index contributed by atoms with van der Waals surface area (Å²) in [4.78, 5) is 17.0. The van der Waals surface area contributed by atoms with Crippen LogP contribution < -0.4 is 10.6 Å². The minimum absolute atomic E-state index is 0. The molecule has 0 aliphatic carbocycles. The van der Waals surface area contributed by atoms with Crippen LogP contribution in [0.3, 0.4) is 0 Å². The molecule has 1 amide bonds. The molecule has 2 rings (SSSR count). The third-order valence-electron chi connectivity index (χ3n) is 4.73. The average molecular weight is 369 g/mol. The summed E-state index contributed by atoms with van der Waals surface area (Å²) < 4.78 is 0. The molecule has 1 atom stereocenters. The van der Waals surface area contributed by atoms with Gasteiger partial charge in [0.15, 0.2) is 0 Å². The van der Waals surface area contributed by atoms with Crippen molar-refractivity contribution in [2.75, 3.05) is 52.4 Å². The predicted octanol–water partition coefficient (Wildman–Crippen LogP) is 1.51. The molecule has 0 aromatic rings. The lowest BCUT2D eigenvalue weighted by Crippen LogP contribution is -2.47. The van der Waals surface area contributed by atoms with E-state index in [2.05, 4.69) is 27.4 Å². The lowest BCUT2D eigenvalue weighted by Gasteiger charge is -2.28. The van der Waals surface area contributed by atoms with E-state index in [0.29, 0.717) is 0 Å². The molecule has 0 radical (unpaired) electrons. The topological polar surface area (TPSA) is 47.6 Å². The Morgan fingerprint density at radius 3 is 2.26 bits per heavy atom. The van der Waals surface area contributed by atoms with E-state index in [1.165, 1.54) is 25.7 Å². The molecule has 2 fully saturated rings. The molecule has 0 saturated carbocycles. The molecule has 2 N–H and O–H groups in total. The van der Waals surface area contributed by atoms with E-state index < -0.39 is 0 Å². The summed E-state index contributed by atoms with van der Waals surface area (Å²) in [6.07, 6.45) is 6.16. The third kappa shape index (κ3) is 8.54. The van der Waals surface area contributed by atoms with Gasteiger partial charge in [-0.1, -0.05) is 12.8 Å². The minimum atomic E-state index is 0. The fourth-order valence-corrected chi connectivity index (χ4v) is 3.24. The van der Waals surface area contributed by atoms with Crippen molar-refractivity contribution in [2.24, 2.45) is 0 Å². The number of halogens is 2. The summed E-state index contributed by atoms with van der Waals surface area (Å²) in [5.41, 5.74) is 0. The van der Waals surface area contributed by atoms with Crippen LogP contribution in [0.5, 0.6) is 0 Å². The number of hydrogen-bond acceptors (Lipinski definition) is 4. The fourth-order valence-electron chi connectivity index (χ4n) is 3.24. The van der Waals surface area contributed by atoms with Crippen molar-refractivity contribution >= 4 is 30.7 Å². The van der Waals surface area contributed by atoms with Crippen molar-refractivity contribution < 1.29 is 4.79 Å². The molecule has 7 heteroatoms. The molecular formula is C16H34Cl2N4O. The first-order chi connectivity index (χ1) is 10.3. The van der Waals surface area contributed by atoms with Gasteiger partial charge in [-0.05, 0) is 45.8 Å². The number of nitrogens with zero attached hydrogens (tertiary/aromatic N) is 2. The van der Waals surface area contributed by atoms with Gasteiger partial charge in [0, 0.05) is 32.7 Å². The molecule has 2 saturated heterocycles. The van der Waals surface area contributed by atoms with Gasteiger partial charge in [-0.2, -0.15) is 0 Å². The fraction of sp³-hybridized carbons (Fsp3) is 0.938. The van der Waals surface area contributed by atoms with Gasteiger partial charge in [0.05, 0.1) is 6.04 Å². The lowest BCUT2D eigenvalue weighted by molar-refractivity contribution is -0.125. The summed E-state index contributed by atoms with van der Waals surface area (Å²) in [6, 6.07) is 0.0299. The summed E-state index contributed by atoms with van der Waals surface area (Å²) in [7, 11) is 0. The second-order valence-corrected chi connectivity index (χ2v) is 6.36. The van der Waals surface area contributed by atoms with Crippen molar-refractivity contribution in [1.82, 2.24) is 20.4 Å². The number of carbonyl (C=O) groups excluding carboxylic acids is 1. The Balaban J connectivity index is 0.00000242. The molecule has 2 aliphatic rings. The van der Waals surface area contributed by atoms with Crippen LogP contribution in [-0.4, -0.2) is 74.1 Å². The van der Waals surface area contributed by atoms with Gasteiger partial charge in [-0.25, -0.2) is 0 Å². The van der Waals surface area contributed by atoms with Gasteiger partial charge in [-0.15, -0.1) is 24.8 Å².